The molecule has 1 nitrogen and oxygen atoms in total. The summed E-state index contributed by atoms with van der Waals surface area (Å²) in [6.07, 6.45) is 0. The summed E-state index contributed by atoms with van der Waals surface area (Å²) in [6, 6.07) is 31.2. The van der Waals surface area contributed by atoms with Crippen LogP contribution in [-0.2, 0) is 5.41 Å². The average Bonchev–Trinajstić information content (AvgIpc) is 3.18. The molecule has 0 spiro atoms. The average molecular weight is 373 g/mol. The molecule has 4 aromatic carbocycles. The van der Waals surface area contributed by atoms with Crippen molar-refractivity contribution in [2.75, 3.05) is 0 Å². The number of benzene rings is 4. The lowest BCUT2D eigenvalue weighted by Crippen LogP contribution is -2.14. The van der Waals surface area contributed by atoms with E-state index in [2.05, 4.69) is 110 Å². The fraction of sp³-hybridized carbons (Fsp3) is 0.143. The quantitative estimate of drug-likeness (QED) is 0.288. The minimum atomic E-state index is 0.0205. The largest absolute Gasteiger partial charge is 0.309 e. The molecule has 0 radical (unpaired) electrons. The fourth-order valence-corrected chi connectivity index (χ4v) is 5.30. The monoisotopic (exact) mass is 373 g/mol. The van der Waals surface area contributed by atoms with Crippen molar-refractivity contribution in [3.63, 3.8) is 0 Å². The maximum atomic E-state index is 2.42. The van der Waals surface area contributed by atoms with E-state index >= 15 is 0 Å². The van der Waals surface area contributed by atoms with Gasteiger partial charge in [0.2, 0.25) is 0 Å². The second-order valence-corrected chi connectivity index (χ2v) is 8.74. The molecule has 0 atom stereocenters. The third kappa shape index (κ3) is 2.10. The topological polar surface area (TPSA) is 4.93 Å². The van der Waals surface area contributed by atoms with E-state index in [0.29, 0.717) is 0 Å². The first-order chi connectivity index (χ1) is 14.1. The van der Waals surface area contributed by atoms with Crippen LogP contribution >= 0.6 is 0 Å². The normalized spacial score (nSPS) is 14.3. The van der Waals surface area contributed by atoms with Gasteiger partial charge in [-0.2, -0.15) is 0 Å². The standard InChI is InChI=1S/C28H23N/c1-18-9-8-10-19(17-18)29-24-14-7-5-12-21(24)27-25(29)16-15-23-26(27)20-11-4-6-13-22(20)28(23,2)3/h4-17H,1-3H3. The Morgan fingerprint density at radius 2 is 1.48 bits per heavy atom. The molecule has 29 heavy (non-hydrogen) atoms. The van der Waals surface area contributed by atoms with Crippen molar-refractivity contribution < 1.29 is 0 Å². The van der Waals surface area contributed by atoms with Crippen molar-refractivity contribution in [3.05, 3.63) is 102 Å². The highest BCUT2D eigenvalue weighted by molar-refractivity contribution is 6.17. The molecule has 5 aromatic rings. The Bertz CT molecular complexity index is 1430. The summed E-state index contributed by atoms with van der Waals surface area (Å²) < 4.78 is 2.42. The first kappa shape index (κ1) is 16.6. The lowest BCUT2D eigenvalue weighted by molar-refractivity contribution is 0.661. The molecule has 1 aliphatic rings. The molecule has 0 saturated heterocycles. The summed E-state index contributed by atoms with van der Waals surface area (Å²) in [6.45, 7) is 6.86. The van der Waals surface area contributed by atoms with Crippen LogP contribution in [0.25, 0.3) is 38.6 Å². The Morgan fingerprint density at radius 3 is 2.34 bits per heavy atom. The van der Waals surface area contributed by atoms with Gasteiger partial charge < -0.3 is 4.57 Å². The van der Waals surface area contributed by atoms with Crippen molar-refractivity contribution in [2.45, 2.75) is 26.2 Å². The Kier molecular flexibility index (Phi) is 3.21. The van der Waals surface area contributed by atoms with Gasteiger partial charge in [-0.1, -0.05) is 74.5 Å². The second-order valence-electron chi connectivity index (χ2n) is 8.74. The second kappa shape index (κ2) is 5.61. The van der Waals surface area contributed by atoms with Crippen LogP contribution < -0.4 is 0 Å². The third-order valence-electron chi connectivity index (χ3n) is 6.64. The van der Waals surface area contributed by atoms with Gasteiger partial charge in [0.25, 0.3) is 0 Å². The van der Waals surface area contributed by atoms with E-state index in [1.807, 2.05) is 0 Å². The van der Waals surface area contributed by atoms with Crippen molar-refractivity contribution in [2.24, 2.45) is 0 Å². The zero-order chi connectivity index (χ0) is 19.8. The lowest BCUT2D eigenvalue weighted by atomic mass is 9.82. The smallest absolute Gasteiger partial charge is 0.0547 e. The van der Waals surface area contributed by atoms with Crippen LogP contribution in [0.2, 0.25) is 0 Å². The van der Waals surface area contributed by atoms with Gasteiger partial charge in [0.15, 0.2) is 0 Å². The van der Waals surface area contributed by atoms with Crippen LogP contribution in [0.5, 0.6) is 0 Å². The van der Waals surface area contributed by atoms with Gasteiger partial charge in [-0.15, -0.1) is 0 Å². The number of aromatic nitrogens is 1. The highest BCUT2D eigenvalue weighted by Crippen LogP contribution is 2.52. The molecule has 0 fully saturated rings. The molecule has 140 valence electrons. The predicted octanol–water partition coefficient (Wildman–Crippen LogP) is 7.40. The Labute approximate surface area is 171 Å². The van der Waals surface area contributed by atoms with E-state index in [9.17, 15) is 0 Å². The van der Waals surface area contributed by atoms with Crippen LogP contribution in [-0.4, -0.2) is 4.57 Å². The maximum absolute atomic E-state index is 2.42. The first-order valence-electron chi connectivity index (χ1n) is 10.3. The minimum Gasteiger partial charge on any atom is -0.309 e. The van der Waals surface area contributed by atoms with Gasteiger partial charge in [-0.3, -0.25) is 0 Å². The van der Waals surface area contributed by atoms with Crippen molar-refractivity contribution in [1.29, 1.82) is 0 Å². The Hall–Kier alpha value is -3.32. The molecule has 0 aliphatic heterocycles. The molecule has 1 aromatic heterocycles. The maximum Gasteiger partial charge on any atom is 0.0547 e. The number of rotatable bonds is 1. The summed E-state index contributed by atoms with van der Waals surface area (Å²) in [5.41, 5.74) is 10.7. The van der Waals surface area contributed by atoms with Crippen molar-refractivity contribution >= 4 is 21.8 Å². The van der Waals surface area contributed by atoms with Crippen LogP contribution in [0, 0.1) is 6.92 Å². The molecule has 1 aliphatic carbocycles. The highest BCUT2D eigenvalue weighted by Gasteiger charge is 2.37. The van der Waals surface area contributed by atoms with Crippen molar-refractivity contribution in [3.8, 4) is 16.8 Å². The summed E-state index contributed by atoms with van der Waals surface area (Å²) in [4.78, 5) is 0. The molecule has 0 unspecified atom stereocenters. The SMILES string of the molecule is Cc1cccc(-n2c3ccccc3c3c4c(ccc32)C(C)(C)c2ccccc2-4)c1. The lowest BCUT2D eigenvalue weighted by Gasteiger charge is -2.21. The van der Waals surface area contributed by atoms with E-state index in [-0.39, 0.29) is 5.41 Å². The Morgan fingerprint density at radius 1 is 0.690 bits per heavy atom. The van der Waals surface area contributed by atoms with Gasteiger partial charge in [0.1, 0.15) is 0 Å². The molecular weight excluding hydrogens is 350 g/mol. The van der Waals surface area contributed by atoms with E-state index in [1.165, 1.54) is 55.3 Å². The number of aryl methyl sites for hydroxylation is 1. The minimum absolute atomic E-state index is 0.0205. The van der Waals surface area contributed by atoms with E-state index in [4.69, 9.17) is 0 Å². The highest BCUT2D eigenvalue weighted by atomic mass is 15.0. The molecule has 1 heterocycles. The van der Waals surface area contributed by atoms with E-state index in [1.54, 1.807) is 0 Å². The van der Waals surface area contributed by atoms with E-state index < -0.39 is 0 Å². The number of nitrogens with zero attached hydrogens (tertiary/aromatic N) is 1. The molecule has 0 N–H and O–H groups in total. The molecule has 0 bridgehead atoms. The van der Waals surface area contributed by atoms with Gasteiger partial charge in [0.05, 0.1) is 11.0 Å². The van der Waals surface area contributed by atoms with Crippen LogP contribution in [0.15, 0.2) is 84.9 Å². The van der Waals surface area contributed by atoms with Crippen LogP contribution in [0.4, 0.5) is 0 Å². The number of fused-ring (bicyclic) bond motifs is 7. The zero-order valence-corrected chi connectivity index (χ0v) is 17.0. The molecule has 0 saturated carbocycles. The molecular formula is C28H23N. The number of hydrogen-bond donors (Lipinski definition) is 0. The zero-order valence-electron chi connectivity index (χ0n) is 17.0. The van der Waals surface area contributed by atoms with Gasteiger partial charge in [-0.05, 0) is 59.0 Å². The van der Waals surface area contributed by atoms with Crippen molar-refractivity contribution in [1.82, 2.24) is 4.57 Å². The van der Waals surface area contributed by atoms with Crippen LogP contribution in [0.3, 0.4) is 0 Å². The predicted molar refractivity (Wildman–Crippen MR) is 123 cm³/mol. The van der Waals surface area contributed by atoms with E-state index in [0.717, 1.165) is 0 Å². The van der Waals surface area contributed by atoms with Gasteiger partial charge in [-0.25, -0.2) is 0 Å². The van der Waals surface area contributed by atoms with Crippen LogP contribution in [0.1, 0.15) is 30.5 Å². The first-order valence-corrected chi connectivity index (χ1v) is 10.3. The summed E-state index contributed by atoms with van der Waals surface area (Å²) in [5, 5.41) is 2.70. The third-order valence-corrected chi connectivity index (χ3v) is 6.64. The summed E-state index contributed by atoms with van der Waals surface area (Å²) in [7, 11) is 0. The summed E-state index contributed by atoms with van der Waals surface area (Å²) >= 11 is 0. The Balaban J connectivity index is 1.84. The number of hydrogen-bond acceptors (Lipinski definition) is 0. The molecule has 6 rings (SSSR count). The van der Waals surface area contributed by atoms with Gasteiger partial charge >= 0.3 is 0 Å². The number of para-hydroxylation sites is 1. The molecule has 0 amide bonds. The van der Waals surface area contributed by atoms with Gasteiger partial charge in [0, 0.05) is 21.9 Å². The fourth-order valence-electron chi connectivity index (χ4n) is 5.30. The molecule has 1 heteroatoms. The summed E-state index contributed by atoms with van der Waals surface area (Å²) in [5.74, 6) is 0.